The first-order chi connectivity index (χ1) is 7.91. The molecule has 6 nitrogen and oxygen atoms in total. The summed E-state index contributed by atoms with van der Waals surface area (Å²) in [6.07, 6.45) is 0. The Morgan fingerprint density at radius 1 is 1.47 bits per heavy atom. The normalized spacial score (nSPS) is 9.76. The molecule has 7 heteroatoms. The number of hydrogen-bond acceptors (Lipinski definition) is 5. The van der Waals surface area contributed by atoms with E-state index in [9.17, 15) is 19.7 Å². The monoisotopic (exact) mass is 257 g/mol. The highest BCUT2D eigenvalue weighted by molar-refractivity contribution is 6.32. The van der Waals surface area contributed by atoms with Crippen molar-refractivity contribution in [2.75, 3.05) is 6.61 Å². The van der Waals surface area contributed by atoms with Gasteiger partial charge in [0.2, 0.25) is 0 Å². The van der Waals surface area contributed by atoms with Crippen LogP contribution < -0.4 is 0 Å². The number of hydrogen-bond donors (Lipinski definition) is 0. The molecule has 0 aliphatic rings. The van der Waals surface area contributed by atoms with Crippen molar-refractivity contribution in [3.63, 3.8) is 0 Å². The van der Waals surface area contributed by atoms with Crippen LogP contribution in [0.3, 0.4) is 0 Å². The summed E-state index contributed by atoms with van der Waals surface area (Å²) < 4.78 is 4.61. The number of halogens is 1. The van der Waals surface area contributed by atoms with Crippen LogP contribution in [0.15, 0.2) is 18.2 Å². The van der Waals surface area contributed by atoms with Crippen molar-refractivity contribution in [1.82, 2.24) is 0 Å². The van der Waals surface area contributed by atoms with Crippen LogP contribution in [-0.4, -0.2) is 23.3 Å². The summed E-state index contributed by atoms with van der Waals surface area (Å²) in [5.74, 6) is -1.12. The number of ether oxygens (including phenoxy) is 1. The minimum Gasteiger partial charge on any atom is -0.454 e. The van der Waals surface area contributed by atoms with Gasteiger partial charge >= 0.3 is 5.97 Å². The van der Waals surface area contributed by atoms with Crippen molar-refractivity contribution in [2.24, 2.45) is 0 Å². The van der Waals surface area contributed by atoms with E-state index in [4.69, 9.17) is 11.6 Å². The van der Waals surface area contributed by atoms with Gasteiger partial charge in [-0.15, -0.1) is 0 Å². The zero-order valence-electron chi connectivity index (χ0n) is 8.81. The average Bonchev–Trinajstić information content (AvgIpc) is 2.26. The topological polar surface area (TPSA) is 86.5 Å². The molecule has 0 amide bonds. The van der Waals surface area contributed by atoms with Crippen LogP contribution in [0.25, 0.3) is 0 Å². The highest BCUT2D eigenvalue weighted by atomic mass is 35.5. The SMILES string of the molecule is CC(=O)COC(=O)c1ccc(Cl)c([N+](=O)[O-])c1. The quantitative estimate of drug-likeness (QED) is 0.468. The lowest BCUT2D eigenvalue weighted by molar-refractivity contribution is -0.384. The first kappa shape index (κ1) is 13.1. The summed E-state index contributed by atoms with van der Waals surface area (Å²) in [7, 11) is 0. The van der Waals surface area contributed by atoms with Crippen molar-refractivity contribution < 1.29 is 19.2 Å². The molecule has 0 saturated carbocycles. The molecule has 1 aromatic rings. The molecule has 0 fully saturated rings. The van der Waals surface area contributed by atoms with Gasteiger partial charge < -0.3 is 4.74 Å². The number of nitro groups is 1. The Hall–Kier alpha value is -1.95. The average molecular weight is 258 g/mol. The number of carbonyl (C=O) groups excluding carboxylic acids is 2. The van der Waals surface area contributed by atoms with Gasteiger partial charge in [0.25, 0.3) is 5.69 Å². The molecule has 0 heterocycles. The summed E-state index contributed by atoms with van der Waals surface area (Å²) in [5.41, 5.74) is -0.411. The molecule has 0 unspecified atom stereocenters. The second kappa shape index (κ2) is 5.40. The Morgan fingerprint density at radius 2 is 2.12 bits per heavy atom. The number of esters is 1. The predicted octanol–water partition coefficient (Wildman–Crippen LogP) is 1.99. The molecule has 1 rings (SSSR count). The second-order valence-corrected chi connectivity index (χ2v) is 3.61. The van der Waals surface area contributed by atoms with Gasteiger partial charge in [0, 0.05) is 6.07 Å². The Bertz CT molecular complexity index is 486. The van der Waals surface area contributed by atoms with Gasteiger partial charge in [-0.25, -0.2) is 4.79 Å². The van der Waals surface area contributed by atoms with Crippen LogP contribution >= 0.6 is 11.6 Å². The van der Waals surface area contributed by atoms with Crippen LogP contribution in [0.5, 0.6) is 0 Å². The third-order valence-electron chi connectivity index (χ3n) is 1.79. The minimum atomic E-state index is -0.806. The molecule has 0 N–H and O–H groups in total. The van der Waals surface area contributed by atoms with Gasteiger partial charge in [0.05, 0.1) is 10.5 Å². The molecule has 0 aliphatic heterocycles. The minimum absolute atomic E-state index is 0.0256. The predicted molar refractivity (Wildman–Crippen MR) is 59.1 cm³/mol. The lowest BCUT2D eigenvalue weighted by Crippen LogP contribution is -2.11. The van der Waals surface area contributed by atoms with Gasteiger partial charge in [-0.05, 0) is 19.1 Å². The summed E-state index contributed by atoms with van der Waals surface area (Å²) in [4.78, 5) is 31.9. The van der Waals surface area contributed by atoms with E-state index in [-0.39, 0.29) is 28.7 Å². The number of carbonyl (C=O) groups is 2. The molecule has 17 heavy (non-hydrogen) atoms. The molecule has 1 aromatic carbocycles. The molecule has 0 aliphatic carbocycles. The first-order valence-electron chi connectivity index (χ1n) is 4.52. The number of nitrogens with zero attached hydrogens (tertiary/aromatic N) is 1. The van der Waals surface area contributed by atoms with Gasteiger partial charge in [-0.3, -0.25) is 14.9 Å². The van der Waals surface area contributed by atoms with Gasteiger partial charge in [0.15, 0.2) is 5.78 Å². The summed E-state index contributed by atoms with van der Waals surface area (Å²) >= 11 is 5.58. The Labute approximate surface area is 101 Å². The fourth-order valence-corrected chi connectivity index (χ4v) is 1.22. The fourth-order valence-electron chi connectivity index (χ4n) is 1.03. The van der Waals surface area contributed by atoms with Crippen LogP contribution in [0, 0.1) is 10.1 Å². The zero-order chi connectivity index (χ0) is 13.0. The summed E-state index contributed by atoms with van der Waals surface area (Å²) in [5, 5.41) is 10.5. The lowest BCUT2D eigenvalue weighted by Gasteiger charge is -2.02. The maximum Gasteiger partial charge on any atom is 0.338 e. The lowest BCUT2D eigenvalue weighted by atomic mass is 10.2. The number of rotatable bonds is 4. The van der Waals surface area contributed by atoms with E-state index in [2.05, 4.69) is 4.74 Å². The van der Waals surface area contributed by atoms with Gasteiger partial charge in [0.1, 0.15) is 11.6 Å². The van der Waals surface area contributed by atoms with Crippen molar-refractivity contribution in [3.8, 4) is 0 Å². The molecule has 0 bridgehead atoms. The third kappa shape index (κ3) is 3.53. The zero-order valence-corrected chi connectivity index (χ0v) is 9.56. The Morgan fingerprint density at radius 3 is 2.65 bits per heavy atom. The van der Waals surface area contributed by atoms with E-state index in [1.54, 1.807) is 0 Å². The number of Topliss-reactive ketones (excluding diaryl/α,β-unsaturated/α-hetero) is 1. The fraction of sp³-hybridized carbons (Fsp3) is 0.200. The van der Waals surface area contributed by atoms with Gasteiger partial charge in [-0.2, -0.15) is 0 Å². The van der Waals surface area contributed by atoms with Crippen molar-refractivity contribution in [3.05, 3.63) is 38.9 Å². The largest absolute Gasteiger partial charge is 0.454 e. The van der Waals surface area contributed by atoms with Crippen LogP contribution in [0.1, 0.15) is 17.3 Å². The number of nitro benzene ring substituents is 1. The highest BCUT2D eigenvalue weighted by Gasteiger charge is 2.17. The molecular formula is C10H8ClNO5. The first-order valence-corrected chi connectivity index (χ1v) is 4.90. The molecule has 0 saturated heterocycles. The molecular weight excluding hydrogens is 250 g/mol. The number of benzene rings is 1. The third-order valence-corrected chi connectivity index (χ3v) is 2.10. The van der Waals surface area contributed by atoms with Gasteiger partial charge in [-0.1, -0.05) is 11.6 Å². The second-order valence-electron chi connectivity index (χ2n) is 3.20. The van der Waals surface area contributed by atoms with Crippen molar-refractivity contribution >= 4 is 29.0 Å². The Balaban J connectivity index is 2.92. The molecule has 90 valence electrons. The van der Waals surface area contributed by atoms with Crippen molar-refractivity contribution in [1.29, 1.82) is 0 Å². The molecule has 0 radical (unpaired) electrons. The Kier molecular flexibility index (Phi) is 4.17. The van der Waals surface area contributed by atoms with Crippen LogP contribution in [-0.2, 0) is 9.53 Å². The van der Waals surface area contributed by atoms with E-state index < -0.39 is 10.9 Å². The standard InChI is InChI=1S/C10H8ClNO5/c1-6(13)5-17-10(14)7-2-3-8(11)9(4-7)12(15)16/h2-4H,5H2,1H3. The van der Waals surface area contributed by atoms with Crippen LogP contribution in [0.2, 0.25) is 5.02 Å². The summed E-state index contributed by atoms with van der Waals surface area (Å²) in [6.45, 7) is 0.896. The summed E-state index contributed by atoms with van der Waals surface area (Å²) in [6, 6.07) is 3.52. The molecule has 0 aromatic heterocycles. The number of ketones is 1. The van der Waals surface area contributed by atoms with E-state index in [0.717, 1.165) is 6.07 Å². The molecule has 0 atom stereocenters. The van der Waals surface area contributed by atoms with E-state index in [0.29, 0.717) is 0 Å². The molecule has 0 spiro atoms. The van der Waals surface area contributed by atoms with E-state index in [1.165, 1.54) is 19.1 Å². The van der Waals surface area contributed by atoms with E-state index in [1.807, 2.05) is 0 Å². The smallest absolute Gasteiger partial charge is 0.338 e. The maximum atomic E-state index is 11.4. The maximum absolute atomic E-state index is 11.4. The van der Waals surface area contributed by atoms with E-state index >= 15 is 0 Å². The van der Waals surface area contributed by atoms with Crippen molar-refractivity contribution in [2.45, 2.75) is 6.92 Å². The van der Waals surface area contributed by atoms with Crippen LogP contribution in [0.4, 0.5) is 5.69 Å². The highest BCUT2D eigenvalue weighted by Crippen LogP contribution is 2.25.